The number of halogens is 1. The third-order valence-corrected chi connectivity index (χ3v) is 4.92. The van der Waals surface area contributed by atoms with E-state index in [9.17, 15) is 18.8 Å². The molecule has 2 heterocycles. The number of benzene rings is 1. The quantitative estimate of drug-likeness (QED) is 0.752. The monoisotopic (exact) mass is 407 g/mol. The first-order valence-electron chi connectivity index (χ1n) is 9.70. The Balaban J connectivity index is 1.66. The third-order valence-electron chi connectivity index (χ3n) is 4.92. The first-order chi connectivity index (χ1) is 13.9. The zero-order valence-corrected chi connectivity index (χ0v) is 16.6. The summed E-state index contributed by atoms with van der Waals surface area (Å²) in [7, 11) is 0. The molecule has 0 saturated carbocycles. The van der Waals surface area contributed by atoms with E-state index in [1.165, 1.54) is 17.9 Å². The number of cyclic esters (lactones) is 1. The highest BCUT2D eigenvalue weighted by molar-refractivity contribution is 5.90. The van der Waals surface area contributed by atoms with Crippen LogP contribution in [0.15, 0.2) is 18.2 Å². The summed E-state index contributed by atoms with van der Waals surface area (Å²) in [5.41, 5.74) is 3.88. The molecular formula is C19H26FN5O4. The van der Waals surface area contributed by atoms with E-state index in [1.54, 1.807) is 24.1 Å². The summed E-state index contributed by atoms with van der Waals surface area (Å²) in [6, 6.07) is 4.62. The van der Waals surface area contributed by atoms with E-state index in [1.807, 2.05) is 4.90 Å². The largest absolute Gasteiger partial charge is 0.442 e. The molecule has 158 valence electrons. The molecule has 1 atom stereocenters. The average Bonchev–Trinajstić information content (AvgIpc) is 2.90. The lowest BCUT2D eigenvalue weighted by atomic mass is 10.2. The van der Waals surface area contributed by atoms with Crippen LogP contribution in [0.25, 0.3) is 0 Å². The van der Waals surface area contributed by atoms with Gasteiger partial charge in [0, 0.05) is 33.0 Å². The van der Waals surface area contributed by atoms with Gasteiger partial charge in [0.2, 0.25) is 11.8 Å². The molecule has 0 spiro atoms. The van der Waals surface area contributed by atoms with Crippen molar-refractivity contribution >= 4 is 29.3 Å². The Hall–Kier alpha value is -2.88. The first-order valence-corrected chi connectivity index (χ1v) is 9.70. The topological polar surface area (TPSA) is 94.2 Å². The van der Waals surface area contributed by atoms with Crippen molar-refractivity contribution < 1.29 is 23.5 Å². The molecule has 1 aromatic rings. The standard InChI is InChI=1S/C19H26FN5O4/c1-3-18(27)25-9-8-23(7-6-22-25)17-5-4-14(10-16(17)20)24-12-15(29-19(24)28)11-21-13(2)26/h4-5,10,15,22H,3,6-9,11-12H2,1-2H3,(H,21,26)/t15-/m0/s1. The number of hydrogen-bond acceptors (Lipinski definition) is 6. The number of hydrogen-bond donors (Lipinski definition) is 2. The van der Waals surface area contributed by atoms with Gasteiger partial charge in [-0.15, -0.1) is 0 Å². The van der Waals surface area contributed by atoms with E-state index >= 15 is 0 Å². The van der Waals surface area contributed by atoms with Crippen LogP contribution in [0.2, 0.25) is 0 Å². The van der Waals surface area contributed by atoms with Crippen molar-refractivity contribution in [2.45, 2.75) is 26.4 Å². The molecule has 0 bridgehead atoms. The van der Waals surface area contributed by atoms with Crippen molar-refractivity contribution in [1.82, 2.24) is 15.8 Å². The number of ether oxygens (including phenoxy) is 1. The van der Waals surface area contributed by atoms with Crippen molar-refractivity contribution in [3.63, 3.8) is 0 Å². The van der Waals surface area contributed by atoms with Gasteiger partial charge in [0.05, 0.1) is 31.0 Å². The lowest BCUT2D eigenvalue weighted by Crippen LogP contribution is -2.43. The Morgan fingerprint density at radius 1 is 1.31 bits per heavy atom. The molecule has 0 radical (unpaired) electrons. The number of nitrogens with zero attached hydrogens (tertiary/aromatic N) is 3. The van der Waals surface area contributed by atoms with E-state index in [4.69, 9.17) is 4.74 Å². The molecule has 3 rings (SSSR count). The fourth-order valence-corrected chi connectivity index (χ4v) is 3.39. The van der Waals surface area contributed by atoms with E-state index < -0.39 is 18.0 Å². The number of carbonyl (C=O) groups excluding carboxylic acids is 3. The highest BCUT2D eigenvalue weighted by Crippen LogP contribution is 2.28. The zero-order chi connectivity index (χ0) is 21.0. The van der Waals surface area contributed by atoms with E-state index in [0.29, 0.717) is 44.0 Å². The normalized spacial score (nSPS) is 19.8. The Morgan fingerprint density at radius 2 is 2.10 bits per heavy atom. The van der Waals surface area contributed by atoms with Gasteiger partial charge in [-0.2, -0.15) is 0 Å². The third kappa shape index (κ3) is 4.94. The lowest BCUT2D eigenvalue weighted by Gasteiger charge is -2.24. The molecule has 0 aromatic heterocycles. The molecule has 2 fully saturated rings. The number of rotatable bonds is 5. The van der Waals surface area contributed by atoms with Crippen molar-refractivity contribution in [1.29, 1.82) is 0 Å². The SMILES string of the molecule is CCC(=O)N1CCN(c2ccc(N3C[C@H](CNC(C)=O)OC3=O)cc2F)CCN1. The van der Waals surface area contributed by atoms with Crippen molar-refractivity contribution in [2.75, 3.05) is 49.1 Å². The first kappa shape index (κ1) is 20.8. The van der Waals surface area contributed by atoms with Crippen LogP contribution in [0.5, 0.6) is 0 Å². The Morgan fingerprint density at radius 3 is 2.79 bits per heavy atom. The molecule has 2 aliphatic heterocycles. The van der Waals surface area contributed by atoms with Gasteiger partial charge in [-0.3, -0.25) is 19.5 Å². The number of anilines is 2. The summed E-state index contributed by atoms with van der Waals surface area (Å²) in [5, 5.41) is 4.18. The Labute approximate surface area is 168 Å². The molecule has 2 saturated heterocycles. The summed E-state index contributed by atoms with van der Waals surface area (Å²) >= 11 is 0. The van der Waals surface area contributed by atoms with Gasteiger partial charge in [-0.05, 0) is 18.2 Å². The number of carbonyl (C=O) groups is 3. The van der Waals surface area contributed by atoms with E-state index in [2.05, 4.69) is 10.7 Å². The molecule has 1 aromatic carbocycles. The van der Waals surface area contributed by atoms with Crippen molar-refractivity contribution in [3.05, 3.63) is 24.0 Å². The molecule has 9 nitrogen and oxygen atoms in total. The second kappa shape index (κ2) is 9.08. The van der Waals surface area contributed by atoms with Gasteiger partial charge >= 0.3 is 6.09 Å². The summed E-state index contributed by atoms with van der Waals surface area (Å²) in [4.78, 5) is 38.2. The molecule has 2 N–H and O–H groups in total. The Kier molecular flexibility index (Phi) is 6.53. The van der Waals surface area contributed by atoms with Crippen LogP contribution in [0.1, 0.15) is 20.3 Å². The van der Waals surface area contributed by atoms with E-state index in [0.717, 1.165) is 0 Å². The maximum atomic E-state index is 14.8. The number of nitrogens with one attached hydrogen (secondary N) is 2. The fourth-order valence-electron chi connectivity index (χ4n) is 3.39. The molecule has 2 aliphatic rings. The second-order valence-electron chi connectivity index (χ2n) is 6.98. The van der Waals surface area contributed by atoms with Gasteiger partial charge < -0.3 is 15.0 Å². The predicted octanol–water partition coefficient (Wildman–Crippen LogP) is 0.850. The van der Waals surface area contributed by atoms with Crippen LogP contribution in [0.3, 0.4) is 0 Å². The Bertz CT molecular complexity index is 790. The molecule has 0 aliphatic carbocycles. The summed E-state index contributed by atoms with van der Waals surface area (Å²) in [5.74, 6) is -0.652. The minimum Gasteiger partial charge on any atom is -0.442 e. The van der Waals surface area contributed by atoms with Crippen LogP contribution in [-0.4, -0.2) is 68.3 Å². The molecular weight excluding hydrogens is 381 g/mol. The van der Waals surface area contributed by atoms with Crippen LogP contribution < -0.4 is 20.5 Å². The summed E-state index contributed by atoms with van der Waals surface area (Å²) < 4.78 is 20.1. The van der Waals surface area contributed by atoms with Gasteiger partial charge in [0.1, 0.15) is 11.9 Å². The number of amides is 3. The average molecular weight is 407 g/mol. The molecule has 3 amide bonds. The lowest BCUT2D eigenvalue weighted by molar-refractivity contribution is -0.133. The molecule has 0 unspecified atom stereocenters. The van der Waals surface area contributed by atoms with Crippen LogP contribution in [0, 0.1) is 5.82 Å². The van der Waals surface area contributed by atoms with Crippen molar-refractivity contribution in [3.8, 4) is 0 Å². The van der Waals surface area contributed by atoms with Crippen LogP contribution >= 0.6 is 0 Å². The molecule has 10 heteroatoms. The predicted molar refractivity (Wildman–Crippen MR) is 105 cm³/mol. The van der Waals surface area contributed by atoms with E-state index in [-0.39, 0.29) is 24.9 Å². The maximum absolute atomic E-state index is 14.8. The summed E-state index contributed by atoms with van der Waals surface area (Å²) in [6.45, 7) is 5.67. The second-order valence-corrected chi connectivity index (χ2v) is 6.98. The summed E-state index contributed by atoms with van der Waals surface area (Å²) in [6.07, 6.45) is -0.640. The van der Waals surface area contributed by atoms with Crippen LogP contribution in [0.4, 0.5) is 20.6 Å². The maximum Gasteiger partial charge on any atom is 0.414 e. The van der Waals surface area contributed by atoms with Gasteiger partial charge in [0.15, 0.2) is 0 Å². The fraction of sp³-hybridized carbons (Fsp3) is 0.526. The zero-order valence-electron chi connectivity index (χ0n) is 16.6. The van der Waals surface area contributed by atoms with Gasteiger partial charge in [-0.1, -0.05) is 6.92 Å². The minimum absolute atomic E-state index is 0.00373. The van der Waals surface area contributed by atoms with Crippen molar-refractivity contribution in [2.24, 2.45) is 0 Å². The van der Waals surface area contributed by atoms with Gasteiger partial charge in [0.25, 0.3) is 0 Å². The van der Waals surface area contributed by atoms with Gasteiger partial charge in [-0.25, -0.2) is 14.6 Å². The number of hydrazine groups is 1. The smallest absolute Gasteiger partial charge is 0.414 e. The molecule has 29 heavy (non-hydrogen) atoms. The minimum atomic E-state index is -0.569. The highest BCUT2D eigenvalue weighted by Gasteiger charge is 2.33. The highest BCUT2D eigenvalue weighted by atomic mass is 19.1. The van der Waals surface area contributed by atoms with Crippen LogP contribution in [-0.2, 0) is 14.3 Å².